The average molecular weight is 272 g/mol. The first-order valence-corrected chi connectivity index (χ1v) is 6.94. The van der Waals surface area contributed by atoms with Gasteiger partial charge in [0, 0.05) is 30.4 Å². The van der Waals surface area contributed by atoms with Gasteiger partial charge in [-0.15, -0.1) is 11.3 Å². The lowest BCUT2D eigenvalue weighted by Gasteiger charge is -2.18. The van der Waals surface area contributed by atoms with E-state index in [1.807, 2.05) is 37.5 Å². The largest absolute Gasteiger partial charge is 0.369 e. The molecule has 0 fully saturated rings. The minimum atomic E-state index is 0.685. The van der Waals surface area contributed by atoms with Gasteiger partial charge in [0.25, 0.3) is 0 Å². The molecule has 1 N–H and O–H groups in total. The second-order valence-corrected chi connectivity index (χ2v) is 5.29. The molecule has 0 bridgehead atoms. The molecule has 0 amide bonds. The molecule has 19 heavy (non-hydrogen) atoms. The maximum Gasteiger partial charge on any atom is 0.182 e. The van der Waals surface area contributed by atoms with Crippen molar-refractivity contribution in [3.8, 4) is 6.07 Å². The number of nitrogens with one attached hydrogen (secondary N) is 1. The van der Waals surface area contributed by atoms with E-state index in [1.165, 1.54) is 4.88 Å². The second-order valence-electron chi connectivity index (χ2n) is 4.18. The number of nitrogens with zero attached hydrogens (tertiary/aromatic N) is 3. The number of thiazole rings is 1. The molecular weight excluding hydrogens is 256 g/mol. The molecule has 1 heterocycles. The second kappa shape index (κ2) is 6.21. The quantitative estimate of drug-likeness (QED) is 0.908. The summed E-state index contributed by atoms with van der Waals surface area (Å²) in [6.07, 6.45) is 1.91. The Morgan fingerprint density at radius 2 is 2.11 bits per heavy atom. The molecular formula is C14H16N4S. The molecule has 5 heteroatoms. The summed E-state index contributed by atoms with van der Waals surface area (Å²) in [4.78, 5) is 7.67. The number of rotatable bonds is 5. The highest BCUT2D eigenvalue weighted by molar-refractivity contribution is 7.15. The fourth-order valence-electron chi connectivity index (χ4n) is 1.73. The predicted molar refractivity (Wildman–Crippen MR) is 79.5 cm³/mol. The molecule has 0 spiro atoms. The molecule has 0 radical (unpaired) electrons. The van der Waals surface area contributed by atoms with Crippen molar-refractivity contribution in [2.24, 2.45) is 0 Å². The van der Waals surface area contributed by atoms with E-state index in [0.29, 0.717) is 5.56 Å². The molecule has 98 valence electrons. The summed E-state index contributed by atoms with van der Waals surface area (Å²) in [7, 11) is 2.04. The van der Waals surface area contributed by atoms with Crippen molar-refractivity contribution in [2.75, 3.05) is 23.8 Å². The molecule has 0 unspecified atom stereocenters. The first-order chi connectivity index (χ1) is 9.22. The molecule has 1 aromatic carbocycles. The van der Waals surface area contributed by atoms with Crippen LogP contribution in [0.4, 0.5) is 10.8 Å². The monoisotopic (exact) mass is 272 g/mol. The average Bonchev–Trinajstić information content (AvgIpc) is 2.86. The van der Waals surface area contributed by atoms with Crippen LogP contribution in [0, 0.1) is 11.3 Å². The van der Waals surface area contributed by atoms with Gasteiger partial charge in [0.15, 0.2) is 5.13 Å². The van der Waals surface area contributed by atoms with E-state index in [2.05, 4.69) is 28.2 Å². The van der Waals surface area contributed by atoms with Gasteiger partial charge in [-0.3, -0.25) is 0 Å². The van der Waals surface area contributed by atoms with Crippen LogP contribution in [0.1, 0.15) is 17.4 Å². The highest BCUT2D eigenvalue weighted by Gasteiger charge is 2.06. The molecule has 4 nitrogen and oxygen atoms in total. The summed E-state index contributed by atoms with van der Waals surface area (Å²) in [6.45, 7) is 3.76. The zero-order chi connectivity index (χ0) is 13.7. The lowest BCUT2D eigenvalue weighted by molar-refractivity contribution is 0.937. The summed E-state index contributed by atoms with van der Waals surface area (Å²) in [5.74, 6) is 0. The molecule has 0 aliphatic heterocycles. The Morgan fingerprint density at radius 1 is 1.37 bits per heavy atom. The summed E-state index contributed by atoms with van der Waals surface area (Å²) >= 11 is 1.67. The molecule has 1 aromatic heterocycles. The van der Waals surface area contributed by atoms with Crippen molar-refractivity contribution < 1.29 is 0 Å². The van der Waals surface area contributed by atoms with E-state index in [9.17, 15) is 0 Å². The summed E-state index contributed by atoms with van der Waals surface area (Å²) in [5, 5.41) is 13.0. The van der Waals surface area contributed by atoms with Crippen molar-refractivity contribution in [1.29, 1.82) is 5.26 Å². The normalized spacial score (nSPS) is 9.95. The zero-order valence-corrected chi connectivity index (χ0v) is 11.9. The number of nitriles is 1. The fraction of sp³-hybridized carbons (Fsp3) is 0.286. The van der Waals surface area contributed by atoms with Crippen LogP contribution in [0.2, 0.25) is 0 Å². The van der Waals surface area contributed by atoms with Gasteiger partial charge >= 0.3 is 0 Å². The molecule has 2 aromatic rings. The van der Waals surface area contributed by atoms with Gasteiger partial charge in [0.05, 0.1) is 18.2 Å². The number of anilines is 2. The Bertz CT molecular complexity index is 568. The van der Waals surface area contributed by atoms with Crippen LogP contribution in [0.25, 0.3) is 0 Å². The first kappa shape index (κ1) is 13.4. The first-order valence-electron chi connectivity index (χ1n) is 6.12. The van der Waals surface area contributed by atoms with Gasteiger partial charge in [0.2, 0.25) is 0 Å². The maximum absolute atomic E-state index is 8.78. The van der Waals surface area contributed by atoms with Crippen molar-refractivity contribution in [3.63, 3.8) is 0 Å². The van der Waals surface area contributed by atoms with Crippen molar-refractivity contribution in [2.45, 2.75) is 13.5 Å². The Balaban J connectivity index is 2.02. The highest BCUT2D eigenvalue weighted by Crippen LogP contribution is 2.22. The third kappa shape index (κ3) is 3.46. The number of hydrogen-bond donors (Lipinski definition) is 1. The van der Waals surface area contributed by atoms with Gasteiger partial charge < -0.3 is 10.2 Å². The van der Waals surface area contributed by atoms with Gasteiger partial charge in [-0.1, -0.05) is 0 Å². The highest BCUT2D eigenvalue weighted by atomic mass is 32.1. The molecule has 2 rings (SSSR count). The third-order valence-electron chi connectivity index (χ3n) is 2.71. The lowest BCUT2D eigenvalue weighted by Crippen LogP contribution is -2.15. The van der Waals surface area contributed by atoms with Gasteiger partial charge in [-0.05, 0) is 31.2 Å². The van der Waals surface area contributed by atoms with E-state index in [4.69, 9.17) is 5.26 Å². The van der Waals surface area contributed by atoms with E-state index in [-0.39, 0.29) is 0 Å². The van der Waals surface area contributed by atoms with Gasteiger partial charge in [0.1, 0.15) is 0 Å². The smallest absolute Gasteiger partial charge is 0.182 e. The summed E-state index contributed by atoms with van der Waals surface area (Å²) in [6, 6.07) is 9.72. The van der Waals surface area contributed by atoms with Crippen LogP contribution in [0.5, 0.6) is 0 Å². The predicted octanol–water partition coefficient (Wildman–Crippen LogP) is 3.08. The zero-order valence-electron chi connectivity index (χ0n) is 11.1. The Kier molecular flexibility index (Phi) is 4.37. The molecule has 0 saturated heterocycles. The number of hydrogen-bond acceptors (Lipinski definition) is 5. The van der Waals surface area contributed by atoms with Crippen LogP contribution < -0.4 is 10.2 Å². The Morgan fingerprint density at radius 3 is 2.74 bits per heavy atom. The SMILES string of the molecule is CCNc1ncc(CN(C)c2ccc(C#N)cc2)s1. The van der Waals surface area contributed by atoms with E-state index >= 15 is 0 Å². The van der Waals surface area contributed by atoms with Crippen molar-refractivity contribution in [1.82, 2.24) is 4.98 Å². The van der Waals surface area contributed by atoms with Gasteiger partial charge in [-0.2, -0.15) is 5.26 Å². The summed E-state index contributed by atoms with van der Waals surface area (Å²) in [5.41, 5.74) is 1.78. The van der Waals surface area contributed by atoms with Crippen molar-refractivity contribution >= 4 is 22.2 Å². The van der Waals surface area contributed by atoms with Crippen LogP contribution >= 0.6 is 11.3 Å². The summed E-state index contributed by atoms with van der Waals surface area (Å²) < 4.78 is 0. The Hall–Kier alpha value is -2.06. The van der Waals surface area contributed by atoms with Gasteiger partial charge in [-0.25, -0.2) is 4.98 Å². The maximum atomic E-state index is 8.78. The topological polar surface area (TPSA) is 52.0 Å². The fourth-order valence-corrected chi connectivity index (χ4v) is 2.66. The van der Waals surface area contributed by atoms with E-state index < -0.39 is 0 Å². The van der Waals surface area contributed by atoms with E-state index in [1.54, 1.807) is 11.3 Å². The van der Waals surface area contributed by atoms with E-state index in [0.717, 1.165) is 23.9 Å². The molecule has 0 atom stereocenters. The molecule has 0 aliphatic carbocycles. The van der Waals surface area contributed by atoms with Crippen LogP contribution in [-0.4, -0.2) is 18.6 Å². The molecule has 0 saturated carbocycles. The van der Waals surface area contributed by atoms with Crippen LogP contribution in [0.3, 0.4) is 0 Å². The number of benzene rings is 1. The Labute approximate surface area is 117 Å². The van der Waals surface area contributed by atoms with Crippen LogP contribution in [0.15, 0.2) is 30.5 Å². The standard InChI is InChI=1S/C14H16N4S/c1-3-16-14-17-9-13(19-14)10-18(2)12-6-4-11(8-15)5-7-12/h4-7,9H,3,10H2,1-2H3,(H,16,17). The minimum Gasteiger partial charge on any atom is -0.369 e. The van der Waals surface area contributed by atoms with Crippen LogP contribution in [-0.2, 0) is 6.54 Å². The number of aromatic nitrogens is 1. The van der Waals surface area contributed by atoms with Crippen molar-refractivity contribution in [3.05, 3.63) is 40.9 Å². The lowest BCUT2D eigenvalue weighted by atomic mass is 10.2. The third-order valence-corrected chi connectivity index (χ3v) is 3.65. The molecule has 0 aliphatic rings. The minimum absolute atomic E-state index is 0.685.